The van der Waals surface area contributed by atoms with Gasteiger partial charge in [-0.15, -0.1) is 0 Å². The van der Waals surface area contributed by atoms with Gasteiger partial charge in [-0.3, -0.25) is 0 Å². The number of hydrogen-bond acceptors (Lipinski definition) is 2. The van der Waals surface area contributed by atoms with E-state index in [1.807, 2.05) is 0 Å². The maximum atomic E-state index is 6.96. The highest BCUT2D eigenvalue weighted by atomic mass is 16.3. The zero-order chi connectivity index (χ0) is 36.2. The number of rotatable bonds is 1. The summed E-state index contributed by atoms with van der Waals surface area (Å²) >= 11 is 0. The summed E-state index contributed by atoms with van der Waals surface area (Å²) in [7, 11) is 0. The maximum Gasteiger partial charge on any atom is 0.227 e. The lowest BCUT2D eigenvalue weighted by Crippen LogP contribution is -2.49. The molecule has 0 bridgehead atoms. The van der Waals surface area contributed by atoms with Crippen molar-refractivity contribution in [2.75, 3.05) is 0 Å². The number of aryl methyl sites for hydroxylation is 7. The van der Waals surface area contributed by atoms with Crippen LogP contribution < -0.4 is 9.13 Å². The van der Waals surface area contributed by atoms with Crippen molar-refractivity contribution < 1.29 is 13.6 Å². The quantitative estimate of drug-likeness (QED) is 0.162. The first-order valence-corrected chi connectivity index (χ1v) is 18.8. The SMILES string of the molecule is C=C1CC2c3cc(C)ccc3-c3cc(C)c(C)c[n+]3C2CCc2ccc3c(oc4nc(-c5c(C)cccc5C)ccc43)c2-c2cc(C)c(C)c(C)[n+]21. The van der Waals surface area contributed by atoms with E-state index in [-0.39, 0.29) is 12.0 Å². The predicted octanol–water partition coefficient (Wildman–Crippen LogP) is 11.2. The molecule has 0 radical (unpaired) electrons. The summed E-state index contributed by atoms with van der Waals surface area (Å²) in [6, 6.07) is 27.5. The second kappa shape index (κ2) is 11.8. The molecule has 3 aromatic carbocycles. The third-order valence-electron chi connectivity index (χ3n) is 12.4. The van der Waals surface area contributed by atoms with Gasteiger partial charge >= 0.3 is 0 Å². The maximum absolute atomic E-state index is 6.96. The van der Waals surface area contributed by atoms with Crippen LogP contribution in [0, 0.1) is 55.4 Å². The highest BCUT2D eigenvalue weighted by Crippen LogP contribution is 2.46. The molecule has 2 atom stereocenters. The van der Waals surface area contributed by atoms with E-state index in [0.717, 1.165) is 58.3 Å². The van der Waals surface area contributed by atoms with Gasteiger partial charge < -0.3 is 4.42 Å². The van der Waals surface area contributed by atoms with Gasteiger partial charge in [0.2, 0.25) is 17.1 Å². The van der Waals surface area contributed by atoms with E-state index in [4.69, 9.17) is 16.0 Å². The van der Waals surface area contributed by atoms with Crippen molar-refractivity contribution in [1.29, 1.82) is 0 Å². The second-order valence-corrected chi connectivity index (χ2v) is 15.7. The van der Waals surface area contributed by atoms with E-state index < -0.39 is 0 Å². The number of furan rings is 1. The molecule has 0 aliphatic carbocycles. The van der Waals surface area contributed by atoms with Gasteiger partial charge in [0.25, 0.3) is 0 Å². The van der Waals surface area contributed by atoms with Crippen molar-refractivity contribution in [3.8, 4) is 33.8 Å². The third kappa shape index (κ3) is 4.83. The van der Waals surface area contributed by atoms with Gasteiger partial charge in [-0.25, -0.2) is 4.98 Å². The topological polar surface area (TPSA) is 33.8 Å². The van der Waals surface area contributed by atoms with Crippen molar-refractivity contribution in [3.63, 3.8) is 0 Å². The van der Waals surface area contributed by atoms with Crippen LogP contribution in [0.15, 0.2) is 90.0 Å². The van der Waals surface area contributed by atoms with E-state index >= 15 is 0 Å². The van der Waals surface area contributed by atoms with E-state index in [1.54, 1.807) is 0 Å². The summed E-state index contributed by atoms with van der Waals surface area (Å²) in [5.74, 6) is 0.285. The summed E-state index contributed by atoms with van der Waals surface area (Å²) in [6.07, 6.45) is 5.18. The fourth-order valence-electron chi connectivity index (χ4n) is 9.33. The summed E-state index contributed by atoms with van der Waals surface area (Å²) in [5, 5.41) is 2.15. The number of benzene rings is 3. The molecule has 258 valence electrons. The van der Waals surface area contributed by atoms with Gasteiger partial charge in [0.05, 0.1) is 17.2 Å². The van der Waals surface area contributed by atoms with Gasteiger partial charge in [0, 0.05) is 64.9 Å². The molecule has 0 fully saturated rings. The Morgan fingerprint density at radius 2 is 1.48 bits per heavy atom. The number of hydrogen-bond donors (Lipinski definition) is 0. The molecular weight excluding hydrogens is 635 g/mol. The summed E-state index contributed by atoms with van der Waals surface area (Å²) in [6.45, 7) is 22.7. The highest BCUT2D eigenvalue weighted by Gasteiger charge is 2.43. The Kier molecular flexibility index (Phi) is 7.42. The van der Waals surface area contributed by atoms with E-state index in [1.165, 1.54) is 72.6 Å². The Hall–Kier alpha value is -5.35. The first kappa shape index (κ1) is 32.6. The molecule has 0 saturated heterocycles. The number of nitrogens with zero attached hydrogens (tertiary/aromatic N) is 3. The molecule has 9 rings (SSSR count). The van der Waals surface area contributed by atoms with Crippen molar-refractivity contribution in [3.05, 3.63) is 141 Å². The third-order valence-corrected chi connectivity index (χ3v) is 12.4. The van der Waals surface area contributed by atoms with Crippen LogP contribution in [0.5, 0.6) is 0 Å². The lowest BCUT2D eigenvalue weighted by Gasteiger charge is -2.32. The molecule has 4 aromatic heterocycles. The van der Waals surface area contributed by atoms with Gasteiger partial charge in [-0.2, -0.15) is 9.13 Å². The molecule has 7 aromatic rings. The highest BCUT2D eigenvalue weighted by molar-refractivity contribution is 6.09. The van der Waals surface area contributed by atoms with Gasteiger partial charge in [0.15, 0.2) is 29.2 Å². The van der Waals surface area contributed by atoms with E-state index in [0.29, 0.717) is 5.71 Å². The number of aromatic nitrogens is 3. The van der Waals surface area contributed by atoms with Crippen LogP contribution in [0.25, 0.3) is 61.5 Å². The molecule has 0 saturated carbocycles. The first-order chi connectivity index (χ1) is 25.0. The fraction of sp³-hybridized carbons (Fsp3) is 0.271. The molecule has 0 amide bonds. The van der Waals surface area contributed by atoms with Crippen molar-refractivity contribution >= 4 is 27.8 Å². The monoisotopic (exact) mass is 681 g/mol. The first-order valence-electron chi connectivity index (χ1n) is 18.8. The molecular formula is C48H47N3O+2. The Bertz CT molecular complexity index is 2650. The Labute approximate surface area is 307 Å². The standard InChI is InChI=1S/C48H47N3O/c1-26-13-16-36-39(21-26)40-24-32(7)51-34(9)33(8)30(5)23-44(51)46-35(15-20-42(40)50-25-31(6)29(4)22-43(36)50)14-17-37-38-18-19-41(49-48(38)52-47(37)46)45-27(2)11-10-12-28(45)3/h10-14,16-19,21-23,25,40,42H,7,15,20,24H2,1-6,8-9H3/q+2. The fourth-order valence-corrected chi connectivity index (χ4v) is 9.33. The molecule has 2 aliphatic rings. The number of allylic oxidation sites excluding steroid dienone is 1. The second-order valence-electron chi connectivity index (χ2n) is 15.7. The molecule has 0 N–H and O–H groups in total. The van der Waals surface area contributed by atoms with Crippen LogP contribution in [0.4, 0.5) is 0 Å². The average molecular weight is 682 g/mol. The molecule has 6 heterocycles. The molecule has 0 spiro atoms. The Balaban J connectivity index is 1.30. The minimum Gasteiger partial charge on any atom is -0.437 e. The molecule has 4 heteroatoms. The largest absolute Gasteiger partial charge is 0.437 e. The van der Waals surface area contributed by atoms with E-state index in [9.17, 15) is 0 Å². The minimum atomic E-state index is 0.273. The van der Waals surface area contributed by atoms with Crippen molar-refractivity contribution in [1.82, 2.24) is 4.98 Å². The summed E-state index contributed by atoms with van der Waals surface area (Å²) in [4.78, 5) is 5.18. The number of fused-ring (bicyclic) bond motifs is 13. The van der Waals surface area contributed by atoms with Crippen LogP contribution in [0.2, 0.25) is 0 Å². The van der Waals surface area contributed by atoms with Crippen molar-refractivity contribution in [2.45, 2.75) is 86.6 Å². The van der Waals surface area contributed by atoms with Crippen LogP contribution in [0.3, 0.4) is 0 Å². The van der Waals surface area contributed by atoms with Crippen LogP contribution in [-0.4, -0.2) is 4.98 Å². The molecule has 52 heavy (non-hydrogen) atoms. The predicted molar refractivity (Wildman–Crippen MR) is 213 cm³/mol. The Morgan fingerprint density at radius 1 is 0.731 bits per heavy atom. The lowest BCUT2D eigenvalue weighted by molar-refractivity contribution is -0.719. The van der Waals surface area contributed by atoms with Crippen LogP contribution in [0.1, 0.15) is 80.6 Å². The normalized spacial score (nSPS) is 16.7. The number of pyridine rings is 3. The zero-order valence-corrected chi connectivity index (χ0v) is 31.7. The smallest absolute Gasteiger partial charge is 0.227 e. The molecule has 2 unspecified atom stereocenters. The Morgan fingerprint density at radius 3 is 2.27 bits per heavy atom. The van der Waals surface area contributed by atoms with E-state index in [2.05, 4.69) is 144 Å². The van der Waals surface area contributed by atoms with Gasteiger partial charge in [-0.05, 0) is 113 Å². The van der Waals surface area contributed by atoms with Gasteiger partial charge in [-0.1, -0.05) is 48.0 Å². The average Bonchev–Trinajstić information content (AvgIpc) is 3.48. The lowest BCUT2D eigenvalue weighted by atomic mass is 9.76. The minimum absolute atomic E-state index is 0.273. The summed E-state index contributed by atoms with van der Waals surface area (Å²) in [5.41, 5.74) is 22.7. The van der Waals surface area contributed by atoms with Crippen molar-refractivity contribution in [2.24, 2.45) is 0 Å². The molecule has 2 aliphatic heterocycles. The van der Waals surface area contributed by atoms with Crippen LogP contribution >= 0.6 is 0 Å². The zero-order valence-electron chi connectivity index (χ0n) is 31.7. The molecule has 4 nitrogen and oxygen atoms in total. The van der Waals surface area contributed by atoms with Crippen LogP contribution in [-0.2, 0) is 6.42 Å². The van der Waals surface area contributed by atoms with Gasteiger partial charge in [0.1, 0.15) is 0 Å². The summed E-state index contributed by atoms with van der Waals surface area (Å²) < 4.78 is 12.0.